The van der Waals surface area contributed by atoms with Gasteiger partial charge in [0.2, 0.25) is 0 Å². The number of ether oxygens (including phenoxy) is 2. The molecule has 0 saturated heterocycles. The summed E-state index contributed by atoms with van der Waals surface area (Å²) in [6.45, 7) is -0.102. The second-order valence-corrected chi connectivity index (χ2v) is 6.80. The van der Waals surface area contributed by atoms with Gasteiger partial charge in [0.25, 0.3) is 0 Å². The Bertz CT molecular complexity index is 1080. The predicted molar refractivity (Wildman–Crippen MR) is 101 cm³/mol. The highest BCUT2D eigenvalue weighted by Crippen LogP contribution is 2.32. The number of carbonyl (C=O) groups excluding carboxylic acids is 1. The van der Waals surface area contributed by atoms with E-state index < -0.39 is 28.3 Å². The Morgan fingerprint density at radius 1 is 1.20 bits per heavy atom. The number of hydrogen-bond acceptors (Lipinski definition) is 7. The van der Waals surface area contributed by atoms with Crippen molar-refractivity contribution in [1.29, 1.82) is 0 Å². The van der Waals surface area contributed by atoms with E-state index in [2.05, 4.69) is 9.72 Å². The van der Waals surface area contributed by atoms with Crippen LogP contribution in [0.4, 0.5) is 18.9 Å². The standard InChI is InChI=1S/C19H13F3N2O5S/c1-28-18(25)12-4-7-16(15(8-12)24(26)27)29-9-14-10-30-17(23-14)11-2-5-13(6-3-11)19(20,21)22/h2-8,10H,9H2,1H3. The van der Waals surface area contributed by atoms with E-state index in [0.717, 1.165) is 25.3 Å². The summed E-state index contributed by atoms with van der Waals surface area (Å²) in [5.74, 6) is -0.776. The molecule has 0 aliphatic carbocycles. The van der Waals surface area contributed by atoms with Crippen molar-refractivity contribution < 1.29 is 32.4 Å². The Hall–Kier alpha value is -3.47. The topological polar surface area (TPSA) is 91.6 Å². The van der Waals surface area contributed by atoms with Crippen LogP contribution >= 0.6 is 11.3 Å². The third-order valence-corrected chi connectivity index (χ3v) is 4.90. The maximum Gasteiger partial charge on any atom is 0.416 e. The summed E-state index contributed by atoms with van der Waals surface area (Å²) in [5.41, 5.74) is -0.200. The lowest BCUT2D eigenvalue weighted by Crippen LogP contribution is -2.04. The Kier molecular flexibility index (Phi) is 6.01. The maximum absolute atomic E-state index is 12.7. The number of alkyl halides is 3. The van der Waals surface area contributed by atoms with Gasteiger partial charge < -0.3 is 9.47 Å². The van der Waals surface area contributed by atoms with Crippen LogP contribution < -0.4 is 4.74 Å². The second-order valence-electron chi connectivity index (χ2n) is 5.94. The van der Waals surface area contributed by atoms with Gasteiger partial charge >= 0.3 is 17.8 Å². The number of nitrogens with zero attached hydrogens (tertiary/aromatic N) is 2. The molecule has 30 heavy (non-hydrogen) atoms. The van der Waals surface area contributed by atoms with Crippen molar-refractivity contribution in [2.75, 3.05) is 7.11 Å². The molecule has 1 heterocycles. The molecule has 156 valence electrons. The molecule has 2 aromatic carbocycles. The van der Waals surface area contributed by atoms with E-state index in [4.69, 9.17) is 4.74 Å². The molecule has 0 radical (unpaired) electrons. The molecule has 11 heteroatoms. The van der Waals surface area contributed by atoms with Crippen molar-refractivity contribution in [2.45, 2.75) is 12.8 Å². The van der Waals surface area contributed by atoms with E-state index in [1.165, 1.54) is 35.6 Å². The molecule has 7 nitrogen and oxygen atoms in total. The van der Waals surface area contributed by atoms with Gasteiger partial charge in [-0.15, -0.1) is 11.3 Å². The number of methoxy groups -OCH3 is 1. The molecule has 0 aliphatic rings. The normalized spacial score (nSPS) is 11.2. The fourth-order valence-electron chi connectivity index (χ4n) is 2.49. The minimum absolute atomic E-state index is 0.00907. The number of nitro groups is 1. The minimum atomic E-state index is -4.42. The molecule has 0 spiro atoms. The van der Waals surface area contributed by atoms with Crippen molar-refractivity contribution in [2.24, 2.45) is 0 Å². The first-order valence-electron chi connectivity index (χ1n) is 8.30. The average Bonchev–Trinajstić information content (AvgIpc) is 3.20. The fraction of sp³-hybridized carbons (Fsp3) is 0.158. The van der Waals surface area contributed by atoms with Gasteiger partial charge in [0.15, 0.2) is 5.75 Å². The molecule has 1 aromatic heterocycles. The van der Waals surface area contributed by atoms with Crippen LogP contribution in [0.5, 0.6) is 5.75 Å². The number of benzene rings is 2. The van der Waals surface area contributed by atoms with Crippen molar-refractivity contribution in [3.63, 3.8) is 0 Å². The molecule has 0 amide bonds. The number of halogens is 3. The van der Waals surface area contributed by atoms with Gasteiger partial charge in [0.1, 0.15) is 11.6 Å². The first-order chi connectivity index (χ1) is 14.2. The Morgan fingerprint density at radius 3 is 2.50 bits per heavy atom. The Labute approximate surface area is 171 Å². The molecule has 0 atom stereocenters. The zero-order valence-corrected chi connectivity index (χ0v) is 16.1. The van der Waals surface area contributed by atoms with E-state index in [1.807, 2.05) is 0 Å². The van der Waals surface area contributed by atoms with Crippen molar-refractivity contribution in [1.82, 2.24) is 4.98 Å². The van der Waals surface area contributed by atoms with E-state index in [0.29, 0.717) is 16.3 Å². The maximum atomic E-state index is 12.7. The molecule has 3 rings (SSSR count). The van der Waals surface area contributed by atoms with Crippen LogP contribution in [0.15, 0.2) is 47.8 Å². The van der Waals surface area contributed by atoms with Gasteiger partial charge in [-0.05, 0) is 24.3 Å². The average molecular weight is 438 g/mol. The lowest BCUT2D eigenvalue weighted by Gasteiger charge is -2.07. The second kappa shape index (κ2) is 8.49. The zero-order valence-electron chi connectivity index (χ0n) is 15.3. The highest BCUT2D eigenvalue weighted by Gasteiger charge is 2.30. The molecular weight excluding hydrogens is 425 g/mol. The van der Waals surface area contributed by atoms with Crippen molar-refractivity contribution >= 4 is 23.0 Å². The van der Waals surface area contributed by atoms with Crippen molar-refractivity contribution in [3.8, 4) is 16.3 Å². The minimum Gasteiger partial charge on any atom is -0.480 e. The number of carbonyl (C=O) groups is 1. The smallest absolute Gasteiger partial charge is 0.416 e. The lowest BCUT2D eigenvalue weighted by molar-refractivity contribution is -0.386. The predicted octanol–water partition coefficient (Wildman–Crippen LogP) is 5.10. The van der Waals surface area contributed by atoms with E-state index in [-0.39, 0.29) is 17.9 Å². The third-order valence-electron chi connectivity index (χ3n) is 3.96. The SMILES string of the molecule is COC(=O)c1ccc(OCc2csc(-c3ccc(C(F)(F)F)cc3)n2)c([N+](=O)[O-])c1. The summed E-state index contributed by atoms with van der Waals surface area (Å²) in [4.78, 5) is 26.4. The van der Waals surface area contributed by atoms with Gasteiger partial charge in [0.05, 0.1) is 28.9 Å². The fourth-order valence-corrected chi connectivity index (χ4v) is 3.30. The monoisotopic (exact) mass is 438 g/mol. The van der Waals surface area contributed by atoms with E-state index in [9.17, 15) is 28.1 Å². The van der Waals surface area contributed by atoms with Gasteiger partial charge in [-0.1, -0.05) is 12.1 Å². The highest BCUT2D eigenvalue weighted by molar-refractivity contribution is 7.13. The number of rotatable bonds is 6. The molecule has 0 unspecified atom stereocenters. The van der Waals surface area contributed by atoms with Gasteiger partial charge in [-0.3, -0.25) is 10.1 Å². The van der Waals surface area contributed by atoms with Crippen LogP contribution in [0, 0.1) is 10.1 Å². The number of aromatic nitrogens is 1. The summed E-state index contributed by atoms with van der Waals surface area (Å²) >= 11 is 1.20. The molecular formula is C19H13F3N2O5S. The van der Waals surface area contributed by atoms with Gasteiger partial charge in [0, 0.05) is 17.0 Å². The number of hydrogen-bond donors (Lipinski definition) is 0. The van der Waals surface area contributed by atoms with Crippen LogP contribution in [0.3, 0.4) is 0 Å². The number of nitro benzene ring substituents is 1. The summed E-state index contributed by atoms with van der Waals surface area (Å²) in [6, 6.07) is 8.26. The number of esters is 1. The summed E-state index contributed by atoms with van der Waals surface area (Å²) in [6.07, 6.45) is -4.42. The molecule has 0 N–H and O–H groups in total. The van der Waals surface area contributed by atoms with Crippen molar-refractivity contribution in [3.05, 3.63) is 74.8 Å². The zero-order chi connectivity index (χ0) is 21.9. The quantitative estimate of drug-likeness (QED) is 0.302. The Morgan fingerprint density at radius 2 is 1.90 bits per heavy atom. The largest absolute Gasteiger partial charge is 0.480 e. The Balaban J connectivity index is 1.74. The van der Waals surface area contributed by atoms with Crippen LogP contribution in [0.2, 0.25) is 0 Å². The molecule has 0 aliphatic heterocycles. The van der Waals surface area contributed by atoms with Crippen LogP contribution in [0.25, 0.3) is 10.6 Å². The first kappa shape index (κ1) is 21.2. The third kappa shape index (κ3) is 4.74. The molecule has 0 bridgehead atoms. The molecule has 0 saturated carbocycles. The molecule has 3 aromatic rings. The van der Waals surface area contributed by atoms with E-state index >= 15 is 0 Å². The van der Waals surface area contributed by atoms with Crippen LogP contribution in [0.1, 0.15) is 21.6 Å². The van der Waals surface area contributed by atoms with Crippen LogP contribution in [-0.4, -0.2) is 23.0 Å². The van der Waals surface area contributed by atoms with Gasteiger partial charge in [-0.2, -0.15) is 13.2 Å². The summed E-state index contributed by atoms with van der Waals surface area (Å²) in [5, 5.41) is 13.4. The summed E-state index contributed by atoms with van der Waals surface area (Å²) < 4.78 is 48.0. The van der Waals surface area contributed by atoms with Crippen LogP contribution in [-0.2, 0) is 17.5 Å². The first-order valence-corrected chi connectivity index (χ1v) is 9.18. The highest BCUT2D eigenvalue weighted by atomic mass is 32.1. The van der Waals surface area contributed by atoms with Gasteiger partial charge in [-0.25, -0.2) is 9.78 Å². The molecule has 0 fully saturated rings. The lowest BCUT2D eigenvalue weighted by atomic mass is 10.1. The summed E-state index contributed by atoms with van der Waals surface area (Å²) in [7, 11) is 1.16. The number of thiazole rings is 1. The van der Waals surface area contributed by atoms with E-state index in [1.54, 1.807) is 5.38 Å².